The van der Waals surface area contributed by atoms with Crippen LogP contribution in [0, 0.1) is 5.92 Å². The predicted octanol–water partition coefficient (Wildman–Crippen LogP) is 1.45. The van der Waals surface area contributed by atoms with Crippen LogP contribution in [-0.2, 0) is 16.1 Å². The highest BCUT2D eigenvalue weighted by atomic mass is 16.4. The molecule has 0 aliphatic heterocycles. The molecule has 0 saturated carbocycles. The van der Waals surface area contributed by atoms with Gasteiger partial charge in [0, 0.05) is 25.1 Å². The van der Waals surface area contributed by atoms with Crippen molar-refractivity contribution in [2.24, 2.45) is 5.92 Å². The topological polar surface area (TPSA) is 205 Å². The molecule has 7 N–H and O–H groups in total. The van der Waals surface area contributed by atoms with Crippen molar-refractivity contribution in [1.82, 2.24) is 30.6 Å². The van der Waals surface area contributed by atoms with Gasteiger partial charge in [0.15, 0.2) is 11.2 Å². The van der Waals surface area contributed by atoms with E-state index in [1.54, 1.807) is 24.3 Å². The van der Waals surface area contributed by atoms with Gasteiger partial charge in [-0.15, -0.1) is 0 Å². The number of amides is 2. The lowest BCUT2D eigenvalue weighted by molar-refractivity contribution is -0.139. The van der Waals surface area contributed by atoms with Crippen molar-refractivity contribution in [3.05, 3.63) is 41.6 Å². The average Bonchev–Trinajstić information content (AvgIpc) is 2.85. The number of aromatic nitrogens is 4. The van der Waals surface area contributed by atoms with Gasteiger partial charge in [-0.1, -0.05) is 26.0 Å². The number of aliphatic carboxylic acids is 1. The first-order valence-corrected chi connectivity index (χ1v) is 11.7. The van der Waals surface area contributed by atoms with Gasteiger partial charge < -0.3 is 31.9 Å². The SMILES string of the molecule is CC(C)CCNC(=O)CCC(NC(=O)c1ccc(CNc2cnc3nc(N)nc(O)c3n2)cc1)C(=O)O. The molecule has 13 nitrogen and oxygen atoms in total. The molecule has 1 unspecified atom stereocenters. The van der Waals surface area contributed by atoms with Crippen LogP contribution in [0.3, 0.4) is 0 Å². The molecule has 0 fully saturated rings. The lowest BCUT2D eigenvalue weighted by Gasteiger charge is -2.15. The number of nitrogens with zero attached hydrogens (tertiary/aromatic N) is 4. The molecular weight excluding hydrogens is 480 g/mol. The molecule has 1 atom stereocenters. The molecule has 13 heteroatoms. The molecule has 1 aromatic carbocycles. The number of carbonyl (C=O) groups is 3. The molecule has 0 radical (unpaired) electrons. The van der Waals surface area contributed by atoms with Crippen LogP contribution in [0.2, 0.25) is 0 Å². The van der Waals surface area contributed by atoms with Crippen LogP contribution in [0.15, 0.2) is 30.5 Å². The fraction of sp³-hybridized carbons (Fsp3) is 0.375. The summed E-state index contributed by atoms with van der Waals surface area (Å²) in [5.41, 5.74) is 6.84. The molecule has 0 bridgehead atoms. The molecule has 2 heterocycles. The molecule has 3 aromatic rings. The largest absolute Gasteiger partial charge is 0.492 e. The Morgan fingerprint density at radius 2 is 1.78 bits per heavy atom. The Bertz CT molecular complexity index is 1270. The van der Waals surface area contributed by atoms with Gasteiger partial charge >= 0.3 is 5.97 Å². The number of carboxylic acids is 1. The second-order valence-corrected chi connectivity index (χ2v) is 8.82. The van der Waals surface area contributed by atoms with Gasteiger partial charge in [-0.3, -0.25) is 9.59 Å². The minimum Gasteiger partial charge on any atom is -0.492 e. The lowest BCUT2D eigenvalue weighted by Crippen LogP contribution is -2.41. The molecular formula is C24H30N8O5. The summed E-state index contributed by atoms with van der Waals surface area (Å²) in [4.78, 5) is 52.0. The lowest BCUT2D eigenvalue weighted by atomic mass is 10.1. The summed E-state index contributed by atoms with van der Waals surface area (Å²) in [6.07, 6.45) is 2.25. The van der Waals surface area contributed by atoms with Crippen LogP contribution in [0.1, 0.15) is 49.0 Å². The molecule has 0 spiro atoms. The fourth-order valence-electron chi connectivity index (χ4n) is 3.32. The molecule has 0 saturated heterocycles. The number of nitrogen functional groups attached to an aromatic ring is 1. The number of hydrogen-bond donors (Lipinski definition) is 6. The van der Waals surface area contributed by atoms with Crippen LogP contribution in [0.4, 0.5) is 11.8 Å². The Morgan fingerprint density at radius 3 is 2.46 bits per heavy atom. The second-order valence-electron chi connectivity index (χ2n) is 8.82. The minimum atomic E-state index is -1.21. The summed E-state index contributed by atoms with van der Waals surface area (Å²) >= 11 is 0. The number of benzene rings is 1. The first-order chi connectivity index (χ1) is 17.6. The standard InChI is InChI=1S/C24H30N8O5/c1-13(2)9-10-26-18(33)8-7-16(23(36)37)29-21(34)15-5-3-14(4-6-15)11-27-17-12-28-20-19(30-17)22(35)32-24(25)31-20/h3-6,12-13,16H,7-11H2,1-2H3,(H,26,33)(H,27,30)(H,29,34)(H,36,37)(H3,25,28,31,32,35). The van der Waals surface area contributed by atoms with E-state index in [9.17, 15) is 24.6 Å². The summed E-state index contributed by atoms with van der Waals surface area (Å²) in [7, 11) is 0. The Hall–Kier alpha value is -4.55. The van der Waals surface area contributed by atoms with E-state index in [0.717, 1.165) is 12.0 Å². The molecule has 2 aromatic heterocycles. The van der Waals surface area contributed by atoms with Gasteiger partial charge in [-0.05, 0) is 36.5 Å². The van der Waals surface area contributed by atoms with Crippen molar-refractivity contribution < 1.29 is 24.6 Å². The van der Waals surface area contributed by atoms with Gasteiger partial charge in [-0.2, -0.15) is 9.97 Å². The van der Waals surface area contributed by atoms with E-state index in [1.165, 1.54) is 6.20 Å². The molecule has 0 aliphatic carbocycles. The van der Waals surface area contributed by atoms with Crippen LogP contribution in [-0.4, -0.2) is 60.5 Å². The van der Waals surface area contributed by atoms with Crippen LogP contribution in [0.25, 0.3) is 11.2 Å². The van der Waals surface area contributed by atoms with Crippen molar-refractivity contribution in [3.8, 4) is 5.88 Å². The van der Waals surface area contributed by atoms with Crippen LogP contribution in [0.5, 0.6) is 5.88 Å². The van der Waals surface area contributed by atoms with Crippen molar-refractivity contribution >= 4 is 40.7 Å². The van der Waals surface area contributed by atoms with E-state index >= 15 is 0 Å². The zero-order valence-corrected chi connectivity index (χ0v) is 20.6. The highest BCUT2D eigenvalue weighted by molar-refractivity contribution is 5.96. The van der Waals surface area contributed by atoms with E-state index in [2.05, 4.69) is 35.9 Å². The predicted molar refractivity (Wildman–Crippen MR) is 136 cm³/mol. The van der Waals surface area contributed by atoms with Gasteiger partial charge in [0.1, 0.15) is 11.9 Å². The number of aromatic hydroxyl groups is 1. The quantitative estimate of drug-likeness (QED) is 0.205. The number of hydrogen-bond acceptors (Lipinski definition) is 10. The van der Waals surface area contributed by atoms with Gasteiger partial charge in [0.2, 0.25) is 17.7 Å². The Kier molecular flexibility index (Phi) is 9.08. The Labute approximate surface area is 212 Å². The maximum absolute atomic E-state index is 12.6. The van der Waals surface area contributed by atoms with Crippen molar-refractivity contribution in [2.45, 2.75) is 45.7 Å². The third-order valence-corrected chi connectivity index (χ3v) is 5.40. The molecule has 3 rings (SSSR count). The maximum atomic E-state index is 12.6. The molecule has 2 amide bonds. The van der Waals surface area contributed by atoms with Crippen molar-refractivity contribution in [1.29, 1.82) is 0 Å². The third kappa shape index (κ3) is 7.98. The third-order valence-electron chi connectivity index (χ3n) is 5.40. The second kappa shape index (κ2) is 12.4. The monoisotopic (exact) mass is 510 g/mol. The highest BCUT2D eigenvalue weighted by Gasteiger charge is 2.21. The summed E-state index contributed by atoms with van der Waals surface area (Å²) in [5.74, 6) is -1.67. The van der Waals surface area contributed by atoms with E-state index in [-0.39, 0.29) is 47.3 Å². The average molecular weight is 511 g/mol. The molecule has 0 aliphatic rings. The van der Waals surface area contributed by atoms with Gasteiger partial charge in [0.05, 0.1) is 6.20 Å². The number of nitrogens with two attached hydrogens (primary N) is 1. The van der Waals surface area contributed by atoms with Gasteiger partial charge in [-0.25, -0.2) is 14.8 Å². The summed E-state index contributed by atoms with van der Waals surface area (Å²) < 4.78 is 0. The number of rotatable bonds is 12. The van der Waals surface area contributed by atoms with Crippen molar-refractivity contribution in [3.63, 3.8) is 0 Å². The minimum absolute atomic E-state index is 0.00506. The van der Waals surface area contributed by atoms with E-state index in [1.807, 2.05) is 13.8 Å². The normalized spacial score (nSPS) is 11.8. The zero-order valence-electron chi connectivity index (χ0n) is 20.6. The molecule has 37 heavy (non-hydrogen) atoms. The fourth-order valence-corrected chi connectivity index (χ4v) is 3.32. The number of carboxylic acid groups (broad SMARTS) is 1. The Morgan fingerprint density at radius 1 is 1.05 bits per heavy atom. The van der Waals surface area contributed by atoms with Crippen LogP contribution < -0.4 is 21.7 Å². The highest BCUT2D eigenvalue weighted by Crippen LogP contribution is 2.20. The van der Waals surface area contributed by atoms with Gasteiger partial charge in [0.25, 0.3) is 5.91 Å². The number of nitrogens with one attached hydrogen (secondary N) is 3. The first-order valence-electron chi connectivity index (χ1n) is 11.7. The van der Waals surface area contributed by atoms with E-state index in [4.69, 9.17) is 5.73 Å². The number of carbonyl (C=O) groups excluding carboxylic acids is 2. The smallest absolute Gasteiger partial charge is 0.326 e. The Balaban J connectivity index is 1.53. The van der Waals surface area contributed by atoms with E-state index < -0.39 is 17.9 Å². The summed E-state index contributed by atoms with van der Waals surface area (Å²) in [6, 6.07) is 5.36. The first kappa shape index (κ1) is 27.0. The number of anilines is 2. The molecule has 196 valence electrons. The zero-order chi connectivity index (χ0) is 26.9. The van der Waals surface area contributed by atoms with Crippen molar-refractivity contribution in [2.75, 3.05) is 17.6 Å². The summed E-state index contributed by atoms with van der Waals surface area (Å²) in [5, 5.41) is 27.6. The van der Waals surface area contributed by atoms with E-state index in [0.29, 0.717) is 24.8 Å². The maximum Gasteiger partial charge on any atom is 0.326 e. The van der Waals surface area contributed by atoms with Crippen LogP contribution >= 0.6 is 0 Å². The summed E-state index contributed by atoms with van der Waals surface area (Å²) in [6.45, 7) is 4.96. The number of fused-ring (bicyclic) bond motifs is 1.